The third kappa shape index (κ3) is 5.64. The van der Waals surface area contributed by atoms with Crippen molar-refractivity contribution in [2.75, 3.05) is 23.7 Å². The summed E-state index contributed by atoms with van der Waals surface area (Å²) in [4.78, 5) is 25.1. The Labute approximate surface area is 163 Å². The van der Waals surface area contributed by atoms with Gasteiger partial charge in [-0.2, -0.15) is 0 Å². The Hall–Kier alpha value is -1.72. The molecule has 0 bridgehead atoms. The van der Waals surface area contributed by atoms with Gasteiger partial charge >= 0.3 is 5.97 Å². The second-order valence-electron chi connectivity index (χ2n) is 5.97. The first-order valence-corrected chi connectivity index (χ1v) is 9.67. The standard InChI is InChI=1S/C19H23Cl2NO4/c1-2-25-14-9-7-13(8-10-14)22-18(23)16-5-3-4-6-17(16)19(24)26-15(11-20)12-21/h3-4,7-10,15-17H,2,5-6,11-12H2,1H3,(H,22,23). The molecule has 0 aromatic heterocycles. The van der Waals surface area contributed by atoms with Gasteiger partial charge in [-0.25, -0.2) is 0 Å². The zero-order chi connectivity index (χ0) is 18.9. The number of carbonyl (C=O) groups is 2. The molecule has 1 amide bonds. The molecule has 0 spiro atoms. The predicted molar refractivity (Wildman–Crippen MR) is 103 cm³/mol. The topological polar surface area (TPSA) is 64.6 Å². The molecule has 7 heteroatoms. The Balaban J connectivity index is 2.02. The largest absolute Gasteiger partial charge is 0.494 e. The molecule has 0 saturated heterocycles. The number of halogens is 2. The van der Waals surface area contributed by atoms with Crippen molar-refractivity contribution < 1.29 is 19.1 Å². The van der Waals surface area contributed by atoms with Crippen LogP contribution < -0.4 is 10.1 Å². The Morgan fingerprint density at radius 1 is 1.12 bits per heavy atom. The van der Waals surface area contributed by atoms with E-state index in [0.29, 0.717) is 25.1 Å². The maximum atomic E-state index is 12.7. The minimum absolute atomic E-state index is 0.126. The van der Waals surface area contributed by atoms with Gasteiger partial charge < -0.3 is 14.8 Å². The van der Waals surface area contributed by atoms with Crippen molar-refractivity contribution in [3.63, 3.8) is 0 Å². The number of carbonyl (C=O) groups excluding carboxylic acids is 2. The van der Waals surface area contributed by atoms with Gasteiger partial charge in [0.1, 0.15) is 11.9 Å². The summed E-state index contributed by atoms with van der Waals surface area (Å²) in [7, 11) is 0. The number of alkyl halides is 2. The molecule has 1 aliphatic carbocycles. The first kappa shape index (κ1) is 20.6. The van der Waals surface area contributed by atoms with Gasteiger partial charge in [0.25, 0.3) is 0 Å². The highest BCUT2D eigenvalue weighted by Gasteiger charge is 2.36. The number of benzene rings is 1. The second kappa shape index (κ2) is 10.4. The fourth-order valence-corrected chi connectivity index (χ4v) is 3.21. The number of ether oxygens (including phenoxy) is 2. The molecule has 1 aromatic carbocycles. The fourth-order valence-electron chi connectivity index (χ4n) is 2.76. The summed E-state index contributed by atoms with van der Waals surface area (Å²) >= 11 is 11.5. The highest BCUT2D eigenvalue weighted by atomic mass is 35.5. The number of rotatable bonds is 8. The van der Waals surface area contributed by atoms with Crippen LogP contribution in [0.15, 0.2) is 36.4 Å². The summed E-state index contributed by atoms with van der Waals surface area (Å²) < 4.78 is 10.7. The zero-order valence-electron chi connectivity index (χ0n) is 14.6. The smallest absolute Gasteiger partial charge is 0.310 e. The first-order chi connectivity index (χ1) is 12.6. The SMILES string of the molecule is CCOc1ccc(NC(=O)C2CC=CCC2C(=O)OC(CCl)CCl)cc1. The lowest BCUT2D eigenvalue weighted by molar-refractivity contribution is -0.155. The van der Waals surface area contributed by atoms with E-state index in [9.17, 15) is 9.59 Å². The molecule has 0 heterocycles. The van der Waals surface area contributed by atoms with Crippen LogP contribution in [0, 0.1) is 11.8 Å². The van der Waals surface area contributed by atoms with E-state index in [1.165, 1.54) is 0 Å². The van der Waals surface area contributed by atoms with Crippen LogP contribution in [0.5, 0.6) is 5.75 Å². The van der Waals surface area contributed by atoms with Crippen LogP contribution in [-0.4, -0.2) is 36.3 Å². The molecular formula is C19H23Cl2NO4. The van der Waals surface area contributed by atoms with E-state index < -0.39 is 23.9 Å². The Bertz CT molecular complexity index is 629. The van der Waals surface area contributed by atoms with E-state index in [1.54, 1.807) is 24.3 Å². The van der Waals surface area contributed by atoms with Crippen molar-refractivity contribution in [2.45, 2.75) is 25.9 Å². The lowest BCUT2D eigenvalue weighted by Gasteiger charge is -2.27. The molecule has 0 aliphatic heterocycles. The van der Waals surface area contributed by atoms with Gasteiger partial charge in [0.2, 0.25) is 5.91 Å². The Kier molecular flexibility index (Phi) is 8.26. The fraction of sp³-hybridized carbons (Fsp3) is 0.474. The minimum Gasteiger partial charge on any atom is -0.494 e. The summed E-state index contributed by atoms with van der Waals surface area (Å²) in [5.41, 5.74) is 0.652. The lowest BCUT2D eigenvalue weighted by Crippen LogP contribution is -2.37. The number of allylic oxidation sites excluding steroid dienone is 2. The molecule has 5 nitrogen and oxygen atoms in total. The van der Waals surface area contributed by atoms with Gasteiger partial charge in [0, 0.05) is 5.69 Å². The van der Waals surface area contributed by atoms with Gasteiger partial charge in [-0.15, -0.1) is 23.2 Å². The quantitative estimate of drug-likeness (QED) is 0.407. The summed E-state index contributed by atoms with van der Waals surface area (Å²) in [5, 5.41) is 2.86. The van der Waals surface area contributed by atoms with Crippen LogP contribution in [-0.2, 0) is 14.3 Å². The molecule has 26 heavy (non-hydrogen) atoms. The van der Waals surface area contributed by atoms with Crippen molar-refractivity contribution >= 4 is 40.8 Å². The molecule has 2 rings (SSSR count). The summed E-state index contributed by atoms with van der Waals surface area (Å²) in [6.07, 6.45) is 4.19. The summed E-state index contributed by atoms with van der Waals surface area (Å²) in [5.74, 6) is -0.703. The molecule has 2 atom stereocenters. The van der Waals surface area contributed by atoms with Crippen LogP contribution in [0.3, 0.4) is 0 Å². The van der Waals surface area contributed by atoms with E-state index in [-0.39, 0.29) is 17.7 Å². The van der Waals surface area contributed by atoms with Crippen LogP contribution in [0.2, 0.25) is 0 Å². The van der Waals surface area contributed by atoms with Crippen LogP contribution in [0.25, 0.3) is 0 Å². The number of hydrogen-bond acceptors (Lipinski definition) is 4. The normalized spacial score (nSPS) is 19.2. The zero-order valence-corrected chi connectivity index (χ0v) is 16.1. The first-order valence-electron chi connectivity index (χ1n) is 8.60. The maximum absolute atomic E-state index is 12.7. The average Bonchev–Trinajstić information content (AvgIpc) is 2.67. The van der Waals surface area contributed by atoms with Crippen LogP contribution >= 0.6 is 23.2 Å². The van der Waals surface area contributed by atoms with E-state index in [4.69, 9.17) is 32.7 Å². The minimum atomic E-state index is -0.549. The second-order valence-corrected chi connectivity index (χ2v) is 6.59. The number of anilines is 1. The maximum Gasteiger partial charge on any atom is 0.310 e. The van der Waals surface area contributed by atoms with E-state index >= 15 is 0 Å². The third-order valence-electron chi connectivity index (χ3n) is 4.13. The van der Waals surface area contributed by atoms with Crippen molar-refractivity contribution in [3.05, 3.63) is 36.4 Å². The molecule has 2 unspecified atom stereocenters. The van der Waals surface area contributed by atoms with Gasteiger partial charge in [-0.05, 0) is 44.0 Å². The van der Waals surface area contributed by atoms with Gasteiger partial charge in [0.15, 0.2) is 0 Å². The molecule has 142 valence electrons. The molecular weight excluding hydrogens is 377 g/mol. The summed E-state index contributed by atoms with van der Waals surface area (Å²) in [6, 6.07) is 7.12. The van der Waals surface area contributed by atoms with E-state index in [1.807, 2.05) is 19.1 Å². The van der Waals surface area contributed by atoms with E-state index in [0.717, 1.165) is 5.75 Å². The number of esters is 1. The van der Waals surface area contributed by atoms with Crippen molar-refractivity contribution in [1.29, 1.82) is 0 Å². The van der Waals surface area contributed by atoms with Crippen molar-refractivity contribution in [1.82, 2.24) is 0 Å². The summed E-state index contributed by atoms with van der Waals surface area (Å²) in [6.45, 7) is 2.49. The molecule has 0 radical (unpaired) electrons. The van der Waals surface area contributed by atoms with Crippen LogP contribution in [0.1, 0.15) is 19.8 Å². The molecule has 1 aromatic rings. The monoisotopic (exact) mass is 399 g/mol. The van der Waals surface area contributed by atoms with Crippen molar-refractivity contribution in [2.24, 2.45) is 11.8 Å². The van der Waals surface area contributed by atoms with Gasteiger partial charge in [-0.3, -0.25) is 9.59 Å². The molecule has 0 saturated carbocycles. The highest BCUT2D eigenvalue weighted by molar-refractivity contribution is 6.21. The number of amides is 1. The average molecular weight is 400 g/mol. The third-order valence-corrected chi connectivity index (χ3v) is 4.82. The predicted octanol–water partition coefficient (Wildman–Crippen LogP) is 4.00. The van der Waals surface area contributed by atoms with Gasteiger partial charge in [-0.1, -0.05) is 12.2 Å². The lowest BCUT2D eigenvalue weighted by atomic mass is 9.82. The van der Waals surface area contributed by atoms with Crippen molar-refractivity contribution in [3.8, 4) is 5.75 Å². The van der Waals surface area contributed by atoms with Crippen LogP contribution in [0.4, 0.5) is 5.69 Å². The molecule has 1 aliphatic rings. The van der Waals surface area contributed by atoms with E-state index in [2.05, 4.69) is 5.32 Å². The molecule has 0 fully saturated rings. The Morgan fingerprint density at radius 2 is 1.73 bits per heavy atom. The number of hydrogen-bond donors (Lipinski definition) is 1. The number of nitrogens with one attached hydrogen (secondary N) is 1. The highest BCUT2D eigenvalue weighted by Crippen LogP contribution is 2.29. The Morgan fingerprint density at radius 3 is 2.31 bits per heavy atom. The molecule has 1 N–H and O–H groups in total. The van der Waals surface area contributed by atoms with Gasteiger partial charge in [0.05, 0.1) is 30.2 Å².